The number of pyridine rings is 1. The molecule has 4 atom stereocenters. The smallest absolute Gasteiger partial charge is 0.394 e. The van der Waals surface area contributed by atoms with Gasteiger partial charge >= 0.3 is 6.18 Å². The maximum Gasteiger partial charge on any atom is 0.412 e. The van der Waals surface area contributed by atoms with E-state index in [1.54, 1.807) is 13.2 Å². The number of hydrogen-bond acceptors (Lipinski definition) is 5. The summed E-state index contributed by atoms with van der Waals surface area (Å²) >= 11 is 0. The lowest BCUT2D eigenvalue weighted by Gasteiger charge is -2.24. The van der Waals surface area contributed by atoms with Crippen LogP contribution in [0.25, 0.3) is 0 Å². The quantitative estimate of drug-likeness (QED) is 0.465. The van der Waals surface area contributed by atoms with Crippen molar-refractivity contribution in [3.63, 3.8) is 0 Å². The van der Waals surface area contributed by atoms with Crippen molar-refractivity contribution < 1.29 is 17.9 Å². The molecule has 8 heteroatoms. The maximum atomic E-state index is 13.5. The number of halogens is 3. The number of ether oxygens (including phenoxy) is 1. The second-order valence-corrected chi connectivity index (χ2v) is 8.63. The normalized spacial score (nSPS) is 24.5. The van der Waals surface area contributed by atoms with E-state index in [-0.39, 0.29) is 31.2 Å². The van der Waals surface area contributed by atoms with Crippen LogP contribution >= 0.6 is 0 Å². The zero-order valence-electron chi connectivity index (χ0n) is 19.1. The van der Waals surface area contributed by atoms with Crippen LogP contribution in [0.4, 0.5) is 19.0 Å². The van der Waals surface area contributed by atoms with E-state index in [0.717, 1.165) is 17.9 Å². The minimum atomic E-state index is -4.36. The fraction of sp³-hybridized carbons (Fsp3) is 0.542. The van der Waals surface area contributed by atoms with Gasteiger partial charge in [-0.1, -0.05) is 19.9 Å². The van der Waals surface area contributed by atoms with Crippen molar-refractivity contribution >= 4 is 5.82 Å². The van der Waals surface area contributed by atoms with E-state index < -0.39 is 11.7 Å². The predicted octanol–water partition coefficient (Wildman–Crippen LogP) is 4.93. The fourth-order valence-electron chi connectivity index (χ4n) is 4.06. The molecule has 1 aliphatic heterocycles. The number of nitrogens with zero attached hydrogens (tertiary/aromatic N) is 1. The van der Waals surface area contributed by atoms with E-state index in [4.69, 9.17) is 10.5 Å². The molecule has 3 rings (SSSR count). The largest absolute Gasteiger partial charge is 0.412 e. The number of hydrogen-bond donors (Lipinski definition) is 3. The molecule has 4 N–H and O–H groups in total. The molecule has 0 saturated carbocycles. The standard InChI is InChI=1S/C24H33F3N4O/c1-5-14(2)17-6-15(3)30-22(11-17)31-23-21(32-23)9-16-7-18(19(12-28)13-29-4)10-20(8-16)24(25,26)27/h6-7,10-11,13-14,16,21,23,29H,5,8-9,12,28H2,1-4H3,(H,30,31)/b19-13+. The molecule has 2 aliphatic rings. The van der Waals surface area contributed by atoms with Crippen LogP contribution in [0.15, 0.2) is 47.2 Å². The molecule has 0 amide bonds. The summed E-state index contributed by atoms with van der Waals surface area (Å²) in [6, 6.07) is 4.11. The highest BCUT2D eigenvalue weighted by atomic mass is 19.4. The lowest BCUT2D eigenvalue weighted by Crippen LogP contribution is -2.21. The SMILES string of the molecule is CCC(C)c1cc(C)nc(NC2OC2CC2C=C(/C(=C/NC)CN)C=C(C(F)(F)F)C2)c1. The first kappa shape index (κ1) is 24.3. The Morgan fingerprint density at radius 3 is 2.75 bits per heavy atom. The Hall–Kier alpha value is -2.32. The van der Waals surface area contributed by atoms with Crippen molar-refractivity contribution in [3.8, 4) is 0 Å². The van der Waals surface area contributed by atoms with E-state index in [2.05, 4.69) is 35.5 Å². The van der Waals surface area contributed by atoms with Gasteiger partial charge in [0.1, 0.15) is 11.9 Å². The summed E-state index contributed by atoms with van der Waals surface area (Å²) < 4.78 is 46.3. The summed E-state index contributed by atoms with van der Waals surface area (Å²) in [6.07, 6.45) is 1.45. The molecule has 0 aromatic carbocycles. The lowest BCUT2D eigenvalue weighted by atomic mass is 9.84. The zero-order valence-corrected chi connectivity index (χ0v) is 19.1. The molecular weight excluding hydrogens is 417 g/mol. The average molecular weight is 451 g/mol. The van der Waals surface area contributed by atoms with Crippen LogP contribution in [-0.2, 0) is 4.74 Å². The van der Waals surface area contributed by atoms with Crippen molar-refractivity contribution in [1.29, 1.82) is 0 Å². The Labute approximate surface area is 188 Å². The predicted molar refractivity (Wildman–Crippen MR) is 121 cm³/mol. The third-order valence-corrected chi connectivity index (χ3v) is 6.07. The van der Waals surface area contributed by atoms with Gasteiger partial charge in [0.05, 0.1) is 0 Å². The second-order valence-electron chi connectivity index (χ2n) is 8.63. The van der Waals surface area contributed by atoms with Crippen molar-refractivity contribution in [2.24, 2.45) is 11.7 Å². The van der Waals surface area contributed by atoms with Gasteiger partial charge in [-0.2, -0.15) is 13.2 Å². The molecule has 1 aromatic rings. The van der Waals surface area contributed by atoms with Gasteiger partial charge in [-0.05, 0) is 72.9 Å². The van der Waals surface area contributed by atoms with E-state index in [1.807, 2.05) is 19.1 Å². The molecule has 1 fully saturated rings. The number of nitrogens with one attached hydrogen (secondary N) is 2. The highest BCUT2D eigenvalue weighted by molar-refractivity contribution is 5.46. The Morgan fingerprint density at radius 1 is 1.38 bits per heavy atom. The number of alkyl halides is 3. The van der Waals surface area contributed by atoms with Gasteiger partial charge in [-0.25, -0.2) is 4.98 Å². The lowest BCUT2D eigenvalue weighted by molar-refractivity contribution is -0.0952. The van der Waals surface area contributed by atoms with Gasteiger partial charge in [0, 0.05) is 31.1 Å². The molecule has 2 heterocycles. The summed E-state index contributed by atoms with van der Waals surface area (Å²) in [6.45, 7) is 6.43. The first-order chi connectivity index (χ1) is 15.1. The average Bonchev–Trinajstić information content (AvgIpc) is 3.46. The number of rotatable bonds is 9. The minimum Gasteiger partial charge on any atom is -0.394 e. The topological polar surface area (TPSA) is 75.5 Å². The van der Waals surface area contributed by atoms with E-state index >= 15 is 0 Å². The summed E-state index contributed by atoms with van der Waals surface area (Å²) in [5.41, 5.74) is 8.54. The number of aromatic nitrogens is 1. The summed E-state index contributed by atoms with van der Waals surface area (Å²) in [4.78, 5) is 4.53. The molecule has 1 aromatic heterocycles. The first-order valence-corrected chi connectivity index (χ1v) is 11.1. The number of aryl methyl sites for hydroxylation is 1. The van der Waals surface area contributed by atoms with Gasteiger partial charge in [0.25, 0.3) is 0 Å². The molecule has 0 radical (unpaired) electrons. The zero-order chi connectivity index (χ0) is 23.5. The van der Waals surface area contributed by atoms with Crippen LogP contribution in [0, 0.1) is 12.8 Å². The number of allylic oxidation sites excluding steroid dienone is 3. The number of epoxide rings is 1. The van der Waals surface area contributed by atoms with Crippen molar-refractivity contribution in [3.05, 3.63) is 58.5 Å². The molecule has 0 bridgehead atoms. The summed E-state index contributed by atoms with van der Waals surface area (Å²) in [7, 11) is 1.70. The second kappa shape index (κ2) is 10.1. The fourth-order valence-corrected chi connectivity index (χ4v) is 4.06. The Kier molecular flexibility index (Phi) is 7.67. The van der Waals surface area contributed by atoms with Crippen LogP contribution in [0.2, 0.25) is 0 Å². The van der Waals surface area contributed by atoms with Crippen LogP contribution in [0.5, 0.6) is 0 Å². The molecular formula is C24H33F3N4O. The minimum absolute atomic E-state index is 0.0577. The maximum absolute atomic E-state index is 13.5. The molecule has 1 aliphatic carbocycles. The molecule has 32 heavy (non-hydrogen) atoms. The Balaban J connectivity index is 1.69. The Morgan fingerprint density at radius 2 is 2.12 bits per heavy atom. The van der Waals surface area contributed by atoms with E-state index in [0.29, 0.717) is 23.5 Å². The van der Waals surface area contributed by atoms with E-state index in [9.17, 15) is 13.2 Å². The third-order valence-electron chi connectivity index (χ3n) is 6.07. The first-order valence-electron chi connectivity index (χ1n) is 11.1. The number of anilines is 1. The van der Waals surface area contributed by atoms with Gasteiger partial charge in [0.15, 0.2) is 6.23 Å². The monoisotopic (exact) mass is 450 g/mol. The van der Waals surface area contributed by atoms with Crippen LogP contribution in [0.1, 0.15) is 50.3 Å². The van der Waals surface area contributed by atoms with Crippen molar-refractivity contribution in [2.45, 2.75) is 64.5 Å². The molecule has 5 nitrogen and oxygen atoms in total. The Bertz CT molecular complexity index is 907. The molecule has 0 spiro atoms. The highest BCUT2D eigenvalue weighted by Gasteiger charge is 2.43. The van der Waals surface area contributed by atoms with Crippen molar-refractivity contribution in [1.82, 2.24) is 10.3 Å². The van der Waals surface area contributed by atoms with Crippen LogP contribution < -0.4 is 16.4 Å². The summed E-state index contributed by atoms with van der Waals surface area (Å²) in [5, 5.41) is 6.15. The van der Waals surface area contributed by atoms with Gasteiger partial charge in [0.2, 0.25) is 0 Å². The van der Waals surface area contributed by atoms with E-state index in [1.165, 1.54) is 11.6 Å². The molecule has 4 unspecified atom stereocenters. The summed E-state index contributed by atoms with van der Waals surface area (Å²) in [5.74, 6) is 0.885. The number of nitrogens with two attached hydrogens (primary N) is 1. The molecule has 176 valence electrons. The highest BCUT2D eigenvalue weighted by Crippen LogP contribution is 2.40. The van der Waals surface area contributed by atoms with Gasteiger partial charge in [-0.3, -0.25) is 0 Å². The molecule has 1 saturated heterocycles. The third kappa shape index (κ3) is 6.13. The van der Waals surface area contributed by atoms with Gasteiger partial charge < -0.3 is 21.1 Å². The van der Waals surface area contributed by atoms with Crippen molar-refractivity contribution in [2.75, 3.05) is 18.9 Å². The van der Waals surface area contributed by atoms with Crippen LogP contribution in [-0.4, -0.2) is 37.1 Å². The van der Waals surface area contributed by atoms with Gasteiger partial charge in [-0.15, -0.1) is 0 Å². The van der Waals surface area contributed by atoms with Crippen LogP contribution in [0.3, 0.4) is 0 Å².